The lowest BCUT2D eigenvalue weighted by atomic mass is 9.91. The Balaban J connectivity index is 1.84. The minimum absolute atomic E-state index is 0.0722. The van der Waals surface area contributed by atoms with Gasteiger partial charge in [0.1, 0.15) is 29.5 Å². The number of rotatable bonds is 11. The van der Waals surface area contributed by atoms with E-state index in [4.69, 9.17) is 14.0 Å². The van der Waals surface area contributed by atoms with Gasteiger partial charge in [0, 0.05) is 0 Å². The van der Waals surface area contributed by atoms with E-state index in [-0.39, 0.29) is 12.2 Å². The van der Waals surface area contributed by atoms with Crippen molar-refractivity contribution in [2.75, 3.05) is 12.4 Å². The molecule has 1 aromatic carbocycles. The quantitative estimate of drug-likeness (QED) is 0.325. The maximum atomic E-state index is 10.7. The van der Waals surface area contributed by atoms with Crippen molar-refractivity contribution in [3.63, 3.8) is 0 Å². The molecule has 0 aliphatic carbocycles. The minimum Gasteiger partial charge on any atom is -0.492 e. The fourth-order valence-electron chi connectivity index (χ4n) is 3.21. The number of benzene rings is 1. The zero-order valence-corrected chi connectivity index (χ0v) is 17.3. The monoisotopic (exact) mass is 396 g/mol. The third kappa shape index (κ3) is 7.93. The van der Waals surface area contributed by atoms with E-state index < -0.39 is 15.9 Å². The summed E-state index contributed by atoms with van der Waals surface area (Å²) in [4.78, 5) is 0. The Bertz CT molecular complexity index is 726. The van der Waals surface area contributed by atoms with Gasteiger partial charge < -0.3 is 9.47 Å². The van der Waals surface area contributed by atoms with Gasteiger partial charge >= 0.3 is 0 Å². The van der Waals surface area contributed by atoms with Crippen molar-refractivity contribution in [2.45, 2.75) is 70.8 Å². The van der Waals surface area contributed by atoms with Crippen molar-refractivity contribution in [2.24, 2.45) is 0 Å². The van der Waals surface area contributed by atoms with Crippen LogP contribution in [0, 0.1) is 0 Å². The molecule has 5 nitrogen and oxygen atoms in total. The van der Waals surface area contributed by atoms with Crippen LogP contribution in [0.15, 0.2) is 30.4 Å². The van der Waals surface area contributed by atoms with Crippen LogP contribution in [0.4, 0.5) is 0 Å². The van der Waals surface area contributed by atoms with Gasteiger partial charge in [0.05, 0.1) is 0 Å². The van der Waals surface area contributed by atoms with Gasteiger partial charge in [-0.15, -0.1) is 0 Å². The molecule has 6 heteroatoms. The Hall–Kier alpha value is -1.53. The van der Waals surface area contributed by atoms with Crippen LogP contribution in [0.5, 0.6) is 11.5 Å². The summed E-state index contributed by atoms with van der Waals surface area (Å²) in [7, 11) is -4.00. The molecule has 1 atom stereocenters. The molecule has 1 aliphatic heterocycles. The molecule has 0 radical (unpaired) electrons. The lowest BCUT2D eigenvalue weighted by Gasteiger charge is -2.33. The molecule has 27 heavy (non-hydrogen) atoms. The first-order valence-corrected chi connectivity index (χ1v) is 11.5. The molecular weight excluding hydrogens is 364 g/mol. The third-order valence-corrected chi connectivity index (χ3v) is 5.50. The largest absolute Gasteiger partial charge is 0.492 e. The van der Waals surface area contributed by atoms with Crippen LogP contribution < -0.4 is 9.47 Å². The Morgan fingerprint density at radius 2 is 2.04 bits per heavy atom. The lowest BCUT2D eigenvalue weighted by Crippen LogP contribution is -2.34. The second kappa shape index (κ2) is 10.1. The van der Waals surface area contributed by atoms with E-state index in [1.807, 2.05) is 12.1 Å². The summed E-state index contributed by atoms with van der Waals surface area (Å²) in [5, 5.41) is 0. The predicted octanol–water partition coefficient (Wildman–Crippen LogP) is 4.95. The zero-order chi connectivity index (χ0) is 19.8. The predicted molar refractivity (Wildman–Crippen MR) is 108 cm³/mol. The molecule has 0 saturated heterocycles. The Morgan fingerprint density at radius 1 is 1.26 bits per heavy atom. The van der Waals surface area contributed by atoms with Crippen LogP contribution in [0.3, 0.4) is 0 Å². The number of unbranched alkanes of at least 4 members (excludes halogenated alkanes) is 5. The average Bonchev–Trinajstić information content (AvgIpc) is 2.60. The van der Waals surface area contributed by atoms with Crippen molar-refractivity contribution < 1.29 is 22.4 Å². The second-order valence-corrected chi connectivity index (χ2v) is 9.00. The molecule has 0 fully saturated rings. The Labute approximate surface area is 163 Å². The number of hydrogen-bond donors (Lipinski definition) is 1. The summed E-state index contributed by atoms with van der Waals surface area (Å²) in [5.41, 5.74) is 0.772. The van der Waals surface area contributed by atoms with E-state index in [0.29, 0.717) is 5.75 Å². The van der Waals surface area contributed by atoms with Crippen LogP contribution in [-0.2, 0) is 16.5 Å². The van der Waals surface area contributed by atoms with Crippen LogP contribution >= 0.6 is 0 Å². The summed E-state index contributed by atoms with van der Waals surface area (Å²) in [5.74, 6) is 1.02. The molecule has 1 N–H and O–H groups in total. The van der Waals surface area contributed by atoms with Gasteiger partial charge in [-0.2, -0.15) is 8.42 Å². The van der Waals surface area contributed by atoms with Gasteiger partial charge in [0.2, 0.25) is 0 Å². The van der Waals surface area contributed by atoms with Crippen molar-refractivity contribution in [3.05, 3.63) is 35.9 Å². The van der Waals surface area contributed by atoms with E-state index in [1.165, 1.54) is 32.1 Å². The van der Waals surface area contributed by atoms with Crippen molar-refractivity contribution in [1.29, 1.82) is 0 Å². The first kappa shape index (κ1) is 21.8. The van der Waals surface area contributed by atoms with Crippen LogP contribution in [0.25, 0.3) is 0 Å². The number of fused-ring (bicyclic) bond motifs is 1. The molecule has 2 rings (SSSR count). The van der Waals surface area contributed by atoms with E-state index in [0.717, 1.165) is 30.6 Å². The molecule has 1 heterocycles. The van der Waals surface area contributed by atoms with Crippen molar-refractivity contribution in [1.82, 2.24) is 0 Å². The van der Waals surface area contributed by atoms with E-state index >= 15 is 0 Å². The highest BCUT2D eigenvalue weighted by Crippen LogP contribution is 2.36. The van der Waals surface area contributed by atoms with Crippen LogP contribution in [0.1, 0.15) is 64.4 Å². The average molecular weight is 397 g/mol. The van der Waals surface area contributed by atoms with Gasteiger partial charge in [-0.25, -0.2) is 0 Å². The molecule has 1 aliphatic rings. The van der Waals surface area contributed by atoms with E-state index in [9.17, 15) is 8.42 Å². The molecule has 0 amide bonds. The SMILES string of the molecule is CCCCCCCC=CC1(C)CCc2cc(OCCS(=O)(=O)O)ccc2O1. The maximum absolute atomic E-state index is 10.7. The molecule has 1 aromatic rings. The fraction of sp³-hybridized carbons (Fsp3) is 0.619. The van der Waals surface area contributed by atoms with Crippen molar-refractivity contribution in [3.8, 4) is 11.5 Å². The van der Waals surface area contributed by atoms with Gasteiger partial charge in [-0.1, -0.05) is 38.7 Å². The Kier molecular flexibility index (Phi) is 8.17. The summed E-state index contributed by atoms with van der Waals surface area (Å²) in [6, 6.07) is 5.52. The molecular formula is C21H32O5S. The van der Waals surface area contributed by atoms with Gasteiger partial charge in [0.25, 0.3) is 10.1 Å². The standard InChI is InChI=1S/C21H32O5S/c1-3-4-5-6-7-8-9-13-21(2)14-12-18-17-19(10-11-20(18)26-21)25-15-16-27(22,23)24/h9-11,13,17H,3-8,12,14-16H2,1-2H3,(H,22,23,24). The lowest BCUT2D eigenvalue weighted by molar-refractivity contribution is 0.114. The number of hydrogen-bond acceptors (Lipinski definition) is 4. The minimum atomic E-state index is -4.00. The normalized spacial score (nSPS) is 19.7. The number of allylic oxidation sites excluding steroid dienone is 1. The summed E-state index contributed by atoms with van der Waals surface area (Å²) in [6.07, 6.45) is 13.7. The van der Waals surface area contributed by atoms with Crippen molar-refractivity contribution >= 4 is 10.1 Å². The zero-order valence-electron chi connectivity index (χ0n) is 16.4. The van der Waals surface area contributed by atoms with Crippen LogP contribution in [-0.4, -0.2) is 30.9 Å². The molecule has 0 saturated carbocycles. The highest BCUT2D eigenvalue weighted by molar-refractivity contribution is 7.85. The van der Waals surface area contributed by atoms with Gasteiger partial charge in [0.15, 0.2) is 0 Å². The smallest absolute Gasteiger partial charge is 0.268 e. The van der Waals surface area contributed by atoms with Gasteiger partial charge in [-0.3, -0.25) is 4.55 Å². The number of aryl methyl sites for hydroxylation is 1. The molecule has 1 unspecified atom stereocenters. The highest BCUT2D eigenvalue weighted by atomic mass is 32.2. The third-order valence-electron chi connectivity index (χ3n) is 4.82. The van der Waals surface area contributed by atoms with E-state index in [1.54, 1.807) is 6.07 Å². The van der Waals surface area contributed by atoms with Crippen LogP contribution in [0.2, 0.25) is 0 Å². The molecule has 152 valence electrons. The molecule has 0 aromatic heterocycles. The first-order valence-electron chi connectivity index (χ1n) is 9.89. The molecule has 0 spiro atoms. The topological polar surface area (TPSA) is 72.8 Å². The highest BCUT2D eigenvalue weighted by Gasteiger charge is 2.29. The fourth-order valence-corrected chi connectivity index (χ4v) is 3.50. The summed E-state index contributed by atoms with van der Waals surface area (Å²) in [6.45, 7) is 4.27. The first-order chi connectivity index (χ1) is 12.8. The van der Waals surface area contributed by atoms with Gasteiger partial charge in [-0.05, 0) is 62.4 Å². The Morgan fingerprint density at radius 3 is 2.78 bits per heavy atom. The summed E-state index contributed by atoms with van der Waals surface area (Å²) >= 11 is 0. The molecule has 0 bridgehead atoms. The summed E-state index contributed by atoms with van der Waals surface area (Å²) < 4.78 is 41.9. The van der Waals surface area contributed by atoms with E-state index in [2.05, 4.69) is 26.0 Å². The number of ether oxygens (including phenoxy) is 2. The maximum Gasteiger partial charge on any atom is 0.268 e. The second-order valence-electron chi connectivity index (χ2n) is 7.42.